The van der Waals surface area contributed by atoms with Gasteiger partial charge in [-0.3, -0.25) is 4.79 Å². The maximum atomic E-state index is 12.3. The molecule has 1 fully saturated rings. The highest BCUT2D eigenvalue weighted by Gasteiger charge is 2.44. The summed E-state index contributed by atoms with van der Waals surface area (Å²) in [5.74, 6) is -0.189. The summed E-state index contributed by atoms with van der Waals surface area (Å²) in [4.78, 5) is 12.3. The summed E-state index contributed by atoms with van der Waals surface area (Å²) in [6, 6.07) is 0. The average molecular weight is 289 g/mol. The largest absolute Gasteiger partial charge is 0.409 e. The van der Waals surface area contributed by atoms with Gasteiger partial charge < -0.3 is 21.0 Å². The van der Waals surface area contributed by atoms with E-state index in [-0.39, 0.29) is 11.7 Å². The zero-order chi connectivity index (χ0) is 14.3. The number of amidine groups is 1. The van der Waals surface area contributed by atoms with Crippen molar-refractivity contribution < 1.29 is 14.7 Å². The number of hydrogen-bond donors (Lipinski definition) is 3. The van der Waals surface area contributed by atoms with E-state index < -0.39 is 5.41 Å². The lowest BCUT2D eigenvalue weighted by Gasteiger charge is -2.34. The van der Waals surface area contributed by atoms with Crippen molar-refractivity contribution in [3.8, 4) is 0 Å². The minimum Gasteiger partial charge on any atom is -0.409 e. The van der Waals surface area contributed by atoms with Gasteiger partial charge in [-0.1, -0.05) is 12.1 Å². The molecule has 0 bridgehead atoms. The molecule has 110 valence electrons. The Kier molecular flexibility index (Phi) is 6.44. The van der Waals surface area contributed by atoms with Gasteiger partial charge >= 0.3 is 0 Å². The summed E-state index contributed by atoms with van der Waals surface area (Å²) < 4.78 is 5.25. The Labute approximate surface area is 118 Å². The van der Waals surface area contributed by atoms with Gasteiger partial charge in [0.15, 0.2) is 5.84 Å². The van der Waals surface area contributed by atoms with E-state index in [1.54, 1.807) is 11.8 Å². The van der Waals surface area contributed by atoms with Crippen LogP contribution in [0.2, 0.25) is 0 Å². The van der Waals surface area contributed by atoms with E-state index in [2.05, 4.69) is 17.4 Å². The monoisotopic (exact) mass is 289 g/mol. The number of amides is 1. The summed E-state index contributed by atoms with van der Waals surface area (Å²) in [7, 11) is 0. The molecule has 1 atom stereocenters. The smallest absolute Gasteiger partial charge is 0.234 e. The normalized spacial score (nSPS) is 20.8. The maximum Gasteiger partial charge on any atom is 0.234 e. The molecule has 0 aromatic carbocycles. The number of carbonyl (C=O) groups is 1. The number of nitrogens with two attached hydrogens (primary N) is 1. The highest BCUT2D eigenvalue weighted by molar-refractivity contribution is 7.99. The van der Waals surface area contributed by atoms with E-state index in [1.807, 2.05) is 6.26 Å². The van der Waals surface area contributed by atoms with Gasteiger partial charge in [-0.2, -0.15) is 11.8 Å². The first kappa shape index (κ1) is 16.1. The first-order chi connectivity index (χ1) is 9.06. The molecule has 0 aromatic rings. The SMILES string of the molecule is CSC(C)CCNC(=O)C1(C(N)=NO)CCOCC1. The van der Waals surface area contributed by atoms with Crippen LogP contribution in [0.5, 0.6) is 0 Å². The molecule has 1 aliphatic heterocycles. The molecular formula is C12H23N3O3S. The van der Waals surface area contributed by atoms with Crippen molar-refractivity contribution >= 4 is 23.5 Å². The highest BCUT2D eigenvalue weighted by atomic mass is 32.2. The summed E-state index contributed by atoms with van der Waals surface area (Å²) in [5.41, 5.74) is 4.80. The third-order valence-electron chi connectivity index (χ3n) is 3.62. The van der Waals surface area contributed by atoms with E-state index in [1.165, 1.54) is 0 Å². The predicted molar refractivity (Wildman–Crippen MR) is 76.5 cm³/mol. The van der Waals surface area contributed by atoms with E-state index in [0.717, 1.165) is 6.42 Å². The highest BCUT2D eigenvalue weighted by Crippen LogP contribution is 2.31. The molecule has 19 heavy (non-hydrogen) atoms. The molecule has 1 rings (SSSR count). The minimum atomic E-state index is -0.921. The Morgan fingerprint density at radius 3 is 2.74 bits per heavy atom. The second-order valence-corrected chi connectivity index (χ2v) is 6.05. The zero-order valence-electron chi connectivity index (χ0n) is 11.5. The topological polar surface area (TPSA) is 96.9 Å². The number of nitrogens with one attached hydrogen (secondary N) is 1. The molecule has 1 amide bonds. The lowest BCUT2D eigenvalue weighted by Crippen LogP contribution is -2.53. The number of ether oxygens (including phenoxy) is 1. The molecule has 1 unspecified atom stereocenters. The molecule has 6 nitrogen and oxygen atoms in total. The van der Waals surface area contributed by atoms with Crippen molar-refractivity contribution in [3.63, 3.8) is 0 Å². The van der Waals surface area contributed by atoms with Crippen molar-refractivity contribution in [1.29, 1.82) is 0 Å². The second-order valence-electron chi connectivity index (χ2n) is 4.77. The van der Waals surface area contributed by atoms with Crippen molar-refractivity contribution in [2.24, 2.45) is 16.3 Å². The number of rotatable bonds is 6. The van der Waals surface area contributed by atoms with Crippen LogP contribution in [0.3, 0.4) is 0 Å². The van der Waals surface area contributed by atoms with Gasteiger partial charge in [-0.05, 0) is 25.5 Å². The van der Waals surface area contributed by atoms with E-state index >= 15 is 0 Å². The number of thioether (sulfide) groups is 1. The van der Waals surface area contributed by atoms with E-state index in [4.69, 9.17) is 15.7 Å². The number of oxime groups is 1. The first-order valence-corrected chi connectivity index (χ1v) is 7.72. The Bertz CT molecular complexity index is 330. The fourth-order valence-corrected chi connectivity index (χ4v) is 2.44. The quantitative estimate of drug-likeness (QED) is 0.291. The van der Waals surface area contributed by atoms with Crippen LogP contribution in [0, 0.1) is 5.41 Å². The van der Waals surface area contributed by atoms with Crippen LogP contribution < -0.4 is 11.1 Å². The zero-order valence-corrected chi connectivity index (χ0v) is 12.3. The van der Waals surface area contributed by atoms with Crippen molar-refractivity contribution in [2.45, 2.75) is 31.4 Å². The third-order valence-corrected chi connectivity index (χ3v) is 4.66. The Morgan fingerprint density at radius 2 is 2.21 bits per heavy atom. The van der Waals surface area contributed by atoms with Gasteiger partial charge in [0.05, 0.1) is 0 Å². The molecule has 0 aromatic heterocycles. The lowest BCUT2D eigenvalue weighted by molar-refractivity contribution is -0.131. The van der Waals surface area contributed by atoms with Crippen LogP contribution in [0.4, 0.5) is 0 Å². The summed E-state index contributed by atoms with van der Waals surface area (Å²) in [5, 5.41) is 15.3. The Balaban J connectivity index is 2.63. The van der Waals surface area contributed by atoms with Gasteiger partial charge in [-0.25, -0.2) is 0 Å². The summed E-state index contributed by atoms with van der Waals surface area (Å²) in [6.07, 6.45) is 3.85. The van der Waals surface area contributed by atoms with Crippen molar-refractivity contribution in [1.82, 2.24) is 5.32 Å². The van der Waals surface area contributed by atoms with Crippen molar-refractivity contribution in [3.05, 3.63) is 0 Å². The fraction of sp³-hybridized carbons (Fsp3) is 0.833. The molecule has 0 saturated carbocycles. The number of nitrogens with zero attached hydrogens (tertiary/aromatic N) is 1. The predicted octanol–water partition coefficient (Wildman–Crippen LogP) is 0.787. The first-order valence-electron chi connectivity index (χ1n) is 6.43. The van der Waals surface area contributed by atoms with Gasteiger partial charge in [0, 0.05) is 25.0 Å². The molecule has 0 radical (unpaired) electrons. The minimum absolute atomic E-state index is 0.0220. The average Bonchev–Trinajstić information content (AvgIpc) is 2.46. The second kappa shape index (κ2) is 7.59. The van der Waals surface area contributed by atoms with Crippen molar-refractivity contribution in [2.75, 3.05) is 26.0 Å². The van der Waals surface area contributed by atoms with Crippen LogP contribution in [0.15, 0.2) is 5.16 Å². The van der Waals surface area contributed by atoms with Crippen LogP contribution in [0.1, 0.15) is 26.2 Å². The number of carbonyl (C=O) groups excluding carboxylic acids is 1. The third kappa shape index (κ3) is 4.01. The molecule has 0 aliphatic carbocycles. The molecule has 1 saturated heterocycles. The molecular weight excluding hydrogens is 266 g/mol. The molecule has 1 heterocycles. The summed E-state index contributed by atoms with van der Waals surface area (Å²) >= 11 is 1.76. The molecule has 7 heteroatoms. The van der Waals surface area contributed by atoms with E-state index in [0.29, 0.717) is 37.9 Å². The lowest BCUT2D eigenvalue weighted by atomic mass is 9.78. The van der Waals surface area contributed by atoms with Crippen LogP contribution in [-0.2, 0) is 9.53 Å². The van der Waals surface area contributed by atoms with E-state index in [9.17, 15) is 4.79 Å². The number of hydrogen-bond acceptors (Lipinski definition) is 5. The molecule has 1 aliphatic rings. The molecule has 4 N–H and O–H groups in total. The summed E-state index contributed by atoms with van der Waals surface area (Å²) in [6.45, 7) is 3.61. The van der Waals surface area contributed by atoms with Gasteiger partial charge in [0.25, 0.3) is 0 Å². The van der Waals surface area contributed by atoms with Crippen LogP contribution in [-0.4, -0.2) is 48.2 Å². The molecule has 0 spiro atoms. The van der Waals surface area contributed by atoms with Crippen LogP contribution >= 0.6 is 11.8 Å². The van der Waals surface area contributed by atoms with Crippen LogP contribution in [0.25, 0.3) is 0 Å². The van der Waals surface area contributed by atoms with Gasteiger partial charge in [0.2, 0.25) is 5.91 Å². The maximum absolute atomic E-state index is 12.3. The van der Waals surface area contributed by atoms with Gasteiger partial charge in [-0.15, -0.1) is 0 Å². The van der Waals surface area contributed by atoms with Gasteiger partial charge in [0.1, 0.15) is 5.41 Å². The Hall–Kier alpha value is -0.950. The standard InChI is InChI=1S/C12H23N3O3S/c1-9(19-2)3-6-14-11(16)12(10(13)15-17)4-7-18-8-5-12/h9,17H,3-8H2,1-2H3,(H2,13,15)(H,14,16). The fourth-order valence-electron chi connectivity index (χ4n) is 2.09. The Morgan fingerprint density at radius 1 is 1.58 bits per heavy atom.